The normalized spacial score (nSPS) is 24.9. The lowest BCUT2D eigenvalue weighted by Crippen LogP contribution is -2.43. The standard InChI is InChI=1S/C26H54P2/c1-20-15-16-26(17-21(20)2,18-27(22(3,4)5)23(6,7)8)19-28(24(9,10)11)25(12,13)14/h20-21H,15-19H2,1-14H3. The summed E-state index contributed by atoms with van der Waals surface area (Å²) in [5.41, 5.74) is 0.560. The molecule has 2 unspecified atom stereocenters. The molecule has 0 radical (unpaired) electrons. The summed E-state index contributed by atoms with van der Waals surface area (Å²) in [6.07, 6.45) is 7.34. The van der Waals surface area contributed by atoms with Crippen LogP contribution in [0.3, 0.4) is 0 Å². The van der Waals surface area contributed by atoms with Gasteiger partial charge in [-0.05, 0) is 69.5 Å². The molecule has 168 valence electrons. The fraction of sp³-hybridized carbons (Fsp3) is 1.00. The van der Waals surface area contributed by atoms with Crippen LogP contribution in [0.2, 0.25) is 0 Å². The Kier molecular flexibility index (Phi) is 8.43. The molecule has 0 spiro atoms. The fourth-order valence-electron chi connectivity index (χ4n) is 5.77. The van der Waals surface area contributed by atoms with Crippen molar-refractivity contribution in [3.8, 4) is 0 Å². The maximum Gasteiger partial charge on any atom is -0.0174 e. The predicted octanol–water partition coefficient (Wildman–Crippen LogP) is 9.59. The van der Waals surface area contributed by atoms with Gasteiger partial charge < -0.3 is 0 Å². The lowest BCUT2D eigenvalue weighted by Gasteiger charge is -2.54. The quantitative estimate of drug-likeness (QED) is 0.391. The van der Waals surface area contributed by atoms with E-state index < -0.39 is 0 Å². The summed E-state index contributed by atoms with van der Waals surface area (Å²) in [7, 11) is -0.0789. The predicted molar refractivity (Wildman–Crippen MR) is 137 cm³/mol. The first-order chi connectivity index (χ1) is 12.2. The van der Waals surface area contributed by atoms with Crippen LogP contribution in [0.25, 0.3) is 0 Å². The second-order valence-corrected chi connectivity index (χ2v) is 21.8. The highest BCUT2D eigenvalue weighted by atomic mass is 31.1. The molecule has 0 nitrogen and oxygen atoms in total. The van der Waals surface area contributed by atoms with E-state index >= 15 is 0 Å². The van der Waals surface area contributed by atoms with Crippen LogP contribution in [-0.4, -0.2) is 32.9 Å². The number of hydrogen-bond donors (Lipinski definition) is 0. The molecule has 1 rings (SSSR count). The highest BCUT2D eigenvalue weighted by molar-refractivity contribution is 7.62. The van der Waals surface area contributed by atoms with E-state index in [9.17, 15) is 0 Å². The Morgan fingerprint density at radius 3 is 1.18 bits per heavy atom. The van der Waals surface area contributed by atoms with Crippen LogP contribution in [0.5, 0.6) is 0 Å². The van der Waals surface area contributed by atoms with Crippen molar-refractivity contribution in [2.24, 2.45) is 17.3 Å². The third kappa shape index (κ3) is 7.23. The molecule has 0 saturated heterocycles. The van der Waals surface area contributed by atoms with Gasteiger partial charge in [0.05, 0.1) is 0 Å². The highest BCUT2D eigenvalue weighted by Crippen LogP contribution is 2.68. The zero-order chi connectivity index (χ0) is 22.3. The highest BCUT2D eigenvalue weighted by Gasteiger charge is 2.48. The van der Waals surface area contributed by atoms with Gasteiger partial charge in [-0.2, -0.15) is 0 Å². The molecule has 28 heavy (non-hydrogen) atoms. The molecular formula is C26H54P2. The van der Waals surface area contributed by atoms with Crippen molar-refractivity contribution in [3.63, 3.8) is 0 Å². The lowest BCUT2D eigenvalue weighted by atomic mass is 9.68. The van der Waals surface area contributed by atoms with Crippen molar-refractivity contribution >= 4 is 15.8 Å². The van der Waals surface area contributed by atoms with Gasteiger partial charge in [0.15, 0.2) is 0 Å². The summed E-state index contributed by atoms with van der Waals surface area (Å²) < 4.78 is 0. The molecule has 1 saturated carbocycles. The molecular weight excluding hydrogens is 374 g/mol. The molecule has 1 fully saturated rings. The van der Waals surface area contributed by atoms with Gasteiger partial charge >= 0.3 is 0 Å². The summed E-state index contributed by atoms with van der Waals surface area (Å²) in [4.78, 5) is 0. The van der Waals surface area contributed by atoms with E-state index in [4.69, 9.17) is 0 Å². The molecule has 2 heteroatoms. The summed E-state index contributed by atoms with van der Waals surface area (Å²) in [6, 6.07) is 0. The summed E-state index contributed by atoms with van der Waals surface area (Å²) in [5, 5.41) is 1.72. The van der Waals surface area contributed by atoms with E-state index in [1.807, 2.05) is 0 Å². The Morgan fingerprint density at radius 1 is 0.607 bits per heavy atom. The van der Waals surface area contributed by atoms with Gasteiger partial charge in [-0.1, -0.05) is 113 Å². The molecule has 0 bridgehead atoms. The fourth-order valence-corrected chi connectivity index (χ4v) is 14.0. The molecule has 0 amide bonds. The van der Waals surface area contributed by atoms with E-state index in [2.05, 4.69) is 96.9 Å². The Balaban J connectivity index is 3.38. The molecule has 0 aromatic heterocycles. The van der Waals surface area contributed by atoms with Crippen molar-refractivity contribution in [1.82, 2.24) is 0 Å². The largest absolute Gasteiger partial charge is 0.0951 e. The molecule has 0 heterocycles. The topological polar surface area (TPSA) is 0 Å². The van der Waals surface area contributed by atoms with Gasteiger partial charge in [0, 0.05) is 0 Å². The van der Waals surface area contributed by atoms with Crippen molar-refractivity contribution in [1.29, 1.82) is 0 Å². The van der Waals surface area contributed by atoms with E-state index in [0.29, 0.717) is 26.0 Å². The third-order valence-corrected chi connectivity index (χ3v) is 15.5. The molecule has 2 atom stereocenters. The van der Waals surface area contributed by atoms with Crippen molar-refractivity contribution < 1.29 is 0 Å². The minimum absolute atomic E-state index is 0.0394. The van der Waals surface area contributed by atoms with Crippen LogP contribution in [0.4, 0.5) is 0 Å². The first-order valence-corrected chi connectivity index (χ1v) is 14.8. The van der Waals surface area contributed by atoms with Crippen LogP contribution >= 0.6 is 15.8 Å². The van der Waals surface area contributed by atoms with Crippen molar-refractivity contribution in [2.45, 2.75) is 137 Å². The molecule has 0 aliphatic heterocycles. The molecule has 1 aliphatic rings. The van der Waals surface area contributed by atoms with Crippen LogP contribution in [0.15, 0.2) is 0 Å². The number of hydrogen-bond acceptors (Lipinski definition) is 0. The lowest BCUT2D eigenvalue weighted by molar-refractivity contribution is 0.144. The Morgan fingerprint density at radius 2 is 0.929 bits per heavy atom. The van der Waals surface area contributed by atoms with Crippen LogP contribution < -0.4 is 0 Å². The second kappa shape index (κ2) is 8.78. The monoisotopic (exact) mass is 428 g/mol. The average molecular weight is 429 g/mol. The SMILES string of the molecule is CC1CCC(CP(C(C)(C)C)C(C)(C)C)(CP(C(C)(C)C)C(C)(C)C)CC1C. The number of rotatable bonds is 4. The van der Waals surface area contributed by atoms with E-state index in [1.54, 1.807) is 0 Å². The second-order valence-electron chi connectivity index (χ2n) is 14.1. The van der Waals surface area contributed by atoms with Crippen molar-refractivity contribution in [2.75, 3.05) is 12.3 Å². The minimum Gasteiger partial charge on any atom is -0.0951 e. The molecule has 0 aromatic carbocycles. The third-order valence-electron chi connectivity index (χ3n) is 7.08. The summed E-state index contributed by atoms with van der Waals surface area (Å²) in [6.45, 7) is 35.2. The zero-order valence-electron chi connectivity index (χ0n) is 22.1. The Bertz CT molecular complexity index is 430. The average Bonchev–Trinajstić information content (AvgIpc) is 2.42. The smallest absolute Gasteiger partial charge is 0.0174 e. The van der Waals surface area contributed by atoms with Gasteiger partial charge in [-0.15, -0.1) is 0 Å². The van der Waals surface area contributed by atoms with Gasteiger partial charge in [-0.25, -0.2) is 0 Å². The van der Waals surface area contributed by atoms with E-state index in [-0.39, 0.29) is 15.8 Å². The maximum absolute atomic E-state index is 2.55. The van der Waals surface area contributed by atoms with Crippen LogP contribution in [0, 0.1) is 17.3 Å². The Hall–Kier alpha value is 0.860. The zero-order valence-corrected chi connectivity index (χ0v) is 23.9. The summed E-state index contributed by atoms with van der Waals surface area (Å²) in [5.74, 6) is 1.78. The first-order valence-electron chi connectivity index (χ1n) is 11.7. The van der Waals surface area contributed by atoms with Gasteiger partial charge in [0.25, 0.3) is 0 Å². The Labute approximate surface area is 182 Å². The first kappa shape index (κ1) is 26.9. The van der Waals surface area contributed by atoms with Crippen molar-refractivity contribution in [3.05, 3.63) is 0 Å². The molecule has 0 aromatic rings. The van der Waals surface area contributed by atoms with Gasteiger partial charge in [0.2, 0.25) is 0 Å². The molecule has 0 N–H and O–H groups in total. The molecule has 1 aliphatic carbocycles. The van der Waals surface area contributed by atoms with Gasteiger partial charge in [-0.3, -0.25) is 0 Å². The maximum atomic E-state index is 2.55. The van der Waals surface area contributed by atoms with Gasteiger partial charge in [0.1, 0.15) is 0 Å². The van der Waals surface area contributed by atoms with Crippen LogP contribution in [0.1, 0.15) is 116 Å². The van der Waals surface area contributed by atoms with Crippen LogP contribution in [-0.2, 0) is 0 Å². The summed E-state index contributed by atoms with van der Waals surface area (Å²) >= 11 is 0. The minimum atomic E-state index is -0.0394. The van der Waals surface area contributed by atoms with E-state index in [0.717, 1.165) is 11.8 Å². The van der Waals surface area contributed by atoms with E-state index in [1.165, 1.54) is 31.6 Å².